The lowest BCUT2D eigenvalue weighted by molar-refractivity contribution is -0.139. The molecule has 0 aliphatic carbocycles. The molecule has 2 amide bonds. The molecule has 2 unspecified atom stereocenters. The molecule has 0 aliphatic rings. The molecule has 0 radical (unpaired) electrons. The average molecular weight is 552 g/mol. The summed E-state index contributed by atoms with van der Waals surface area (Å²) >= 11 is 0. The Labute approximate surface area is 231 Å². The van der Waals surface area contributed by atoms with Crippen LogP contribution in [0.2, 0.25) is 0 Å². The maximum absolute atomic E-state index is 13.7. The number of hydrogen-bond donors (Lipinski definition) is 1. The Bertz CT molecular complexity index is 1360. The highest BCUT2D eigenvalue weighted by Gasteiger charge is 2.30. The predicted octanol–water partition coefficient (Wildman–Crippen LogP) is 4.89. The number of amides is 2. The SMILES string of the molecule is CCC(C)NC(=O)C(C)N(Cc1ccccc1C)C(=O)CN(c1ccc(Oc2ccccc2)cc1)S(C)(=O)=O. The molecule has 9 heteroatoms. The lowest BCUT2D eigenvalue weighted by Gasteiger charge is -2.32. The number of anilines is 1. The van der Waals surface area contributed by atoms with Crippen molar-refractivity contribution in [3.8, 4) is 11.5 Å². The highest BCUT2D eigenvalue weighted by molar-refractivity contribution is 7.92. The van der Waals surface area contributed by atoms with Crippen LogP contribution in [0.3, 0.4) is 0 Å². The molecule has 8 nitrogen and oxygen atoms in total. The highest BCUT2D eigenvalue weighted by Crippen LogP contribution is 2.26. The summed E-state index contributed by atoms with van der Waals surface area (Å²) in [5.74, 6) is 0.401. The smallest absolute Gasteiger partial charge is 0.244 e. The minimum absolute atomic E-state index is 0.0560. The van der Waals surface area contributed by atoms with Crippen LogP contribution >= 0.6 is 0 Å². The van der Waals surface area contributed by atoms with Gasteiger partial charge in [0.2, 0.25) is 21.8 Å². The fourth-order valence-electron chi connectivity index (χ4n) is 3.94. The summed E-state index contributed by atoms with van der Waals surface area (Å²) in [7, 11) is -3.82. The summed E-state index contributed by atoms with van der Waals surface area (Å²) in [5.41, 5.74) is 2.17. The van der Waals surface area contributed by atoms with Crippen LogP contribution in [-0.4, -0.2) is 50.0 Å². The van der Waals surface area contributed by atoms with E-state index < -0.39 is 28.5 Å². The van der Waals surface area contributed by atoms with Crippen LogP contribution in [0.25, 0.3) is 0 Å². The predicted molar refractivity (Wildman–Crippen MR) is 154 cm³/mol. The summed E-state index contributed by atoms with van der Waals surface area (Å²) in [6.07, 6.45) is 1.80. The number of nitrogens with zero attached hydrogens (tertiary/aromatic N) is 2. The maximum Gasteiger partial charge on any atom is 0.244 e. The fraction of sp³-hybridized carbons (Fsp3) is 0.333. The van der Waals surface area contributed by atoms with Gasteiger partial charge in [-0.25, -0.2) is 8.42 Å². The largest absolute Gasteiger partial charge is 0.457 e. The molecule has 208 valence electrons. The van der Waals surface area contributed by atoms with Crippen molar-refractivity contribution in [3.05, 3.63) is 90.0 Å². The number of ether oxygens (including phenoxy) is 1. The first-order valence-corrected chi connectivity index (χ1v) is 14.8. The second kappa shape index (κ2) is 13.3. The van der Waals surface area contributed by atoms with Gasteiger partial charge in [0.25, 0.3) is 0 Å². The van der Waals surface area contributed by atoms with Gasteiger partial charge in [-0.1, -0.05) is 49.4 Å². The number of sulfonamides is 1. The van der Waals surface area contributed by atoms with E-state index in [-0.39, 0.29) is 18.5 Å². The number of rotatable bonds is 12. The zero-order valence-electron chi connectivity index (χ0n) is 23.1. The molecular formula is C30H37N3O5S. The lowest BCUT2D eigenvalue weighted by Crippen LogP contribution is -2.52. The zero-order valence-corrected chi connectivity index (χ0v) is 23.9. The zero-order chi connectivity index (χ0) is 28.6. The van der Waals surface area contributed by atoms with Crippen molar-refractivity contribution in [3.63, 3.8) is 0 Å². The lowest BCUT2D eigenvalue weighted by atomic mass is 10.1. The molecule has 3 aromatic carbocycles. The third kappa shape index (κ3) is 8.32. The van der Waals surface area contributed by atoms with Gasteiger partial charge in [-0.05, 0) is 74.7 Å². The van der Waals surface area contributed by atoms with Crippen LogP contribution in [0.1, 0.15) is 38.3 Å². The quantitative estimate of drug-likeness (QED) is 0.346. The van der Waals surface area contributed by atoms with Crippen molar-refractivity contribution in [1.82, 2.24) is 10.2 Å². The van der Waals surface area contributed by atoms with E-state index in [2.05, 4.69) is 5.32 Å². The molecule has 0 fully saturated rings. The number of carbonyl (C=O) groups is 2. The number of aryl methyl sites for hydroxylation is 1. The van der Waals surface area contributed by atoms with Gasteiger partial charge in [-0.2, -0.15) is 0 Å². The second-order valence-electron chi connectivity index (χ2n) is 9.62. The molecule has 3 rings (SSSR count). The third-order valence-corrected chi connectivity index (χ3v) is 7.69. The summed E-state index contributed by atoms with van der Waals surface area (Å²) in [6.45, 7) is 7.17. The standard InChI is InChI=1S/C30H37N3O5S/c1-6-23(3)31-30(35)24(4)32(20-25-13-11-10-12-22(25)2)29(34)21-33(39(5,36)37)26-16-18-28(19-17-26)38-27-14-8-7-9-15-27/h7-19,23-24H,6,20-21H2,1-5H3,(H,31,35). The van der Waals surface area contributed by atoms with Crippen LogP contribution in [0.5, 0.6) is 11.5 Å². The van der Waals surface area contributed by atoms with Crippen molar-refractivity contribution in [2.75, 3.05) is 17.1 Å². The molecule has 0 saturated heterocycles. The normalized spacial score (nSPS) is 12.7. The van der Waals surface area contributed by atoms with E-state index in [0.717, 1.165) is 28.1 Å². The minimum Gasteiger partial charge on any atom is -0.457 e. The van der Waals surface area contributed by atoms with E-state index in [1.807, 2.05) is 75.4 Å². The van der Waals surface area contributed by atoms with Gasteiger partial charge in [-0.15, -0.1) is 0 Å². The summed E-state index contributed by atoms with van der Waals surface area (Å²) in [6, 6.07) is 22.5. The first kappa shape index (κ1) is 29.7. The van der Waals surface area contributed by atoms with E-state index in [4.69, 9.17) is 4.74 Å². The van der Waals surface area contributed by atoms with Crippen molar-refractivity contribution in [2.24, 2.45) is 0 Å². The van der Waals surface area contributed by atoms with Crippen LogP contribution in [-0.2, 0) is 26.2 Å². The summed E-state index contributed by atoms with van der Waals surface area (Å²) in [5, 5.41) is 2.93. The molecular weight excluding hydrogens is 514 g/mol. The Kier molecular flexibility index (Phi) is 10.1. The Morgan fingerprint density at radius 1 is 0.897 bits per heavy atom. The highest BCUT2D eigenvalue weighted by atomic mass is 32.2. The average Bonchev–Trinajstić information content (AvgIpc) is 2.91. The van der Waals surface area contributed by atoms with E-state index in [0.29, 0.717) is 17.2 Å². The molecule has 2 atom stereocenters. The fourth-order valence-corrected chi connectivity index (χ4v) is 4.79. The molecule has 0 spiro atoms. The molecule has 0 aliphatic heterocycles. The molecule has 1 N–H and O–H groups in total. The van der Waals surface area contributed by atoms with Crippen molar-refractivity contribution in [2.45, 2.75) is 52.7 Å². The molecule has 0 bridgehead atoms. The number of carbonyl (C=O) groups excluding carboxylic acids is 2. The first-order chi connectivity index (χ1) is 18.5. The first-order valence-electron chi connectivity index (χ1n) is 12.9. The van der Waals surface area contributed by atoms with Crippen molar-refractivity contribution < 1.29 is 22.7 Å². The number of para-hydroxylation sites is 1. The molecule has 0 heterocycles. The van der Waals surface area contributed by atoms with E-state index >= 15 is 0 Å². The Morgan fingerprint density at radius 3 is 2.08 bits per heavy atom. The van der Waals surface area contributed by atoms with E-state index in [1.54, 1.807) is 31.2 Å². The van der Waals surface area contributed by atoms with Crippen LogP contribution < -0.4 is 14.4 Å². The van der Waals surface area contributed by atoms with Crippen molar-refractivity contribution in [1.29, 1.82) is 0 Å². The number of hydrogen-bond acceptors (Lipinski definition) is 5. The van der Waals surface area contributed by atoms with Gasteiger partial charge < -0.3 is 15.0 Å². The molecule has 0 aromatic heterocycles. The van der Waals surface area contributed by atoms with Gasteiger partial charge >= 0.3 is 0 Å². The van der Waals surface area contributed by atoms with E-state index in [1.165, 1.54) is 4.90 Å². The topological polar surface area (TPSA) is 96.0 Å². The summed E-state index contributed by atoms with van der Waals surface area (Å²) < 4.78 is 32.5. The van der Waals surface area contributed by atoms with Gasteiger partial charge in [0, 0.05) is 12.6 Å². The van der Waals surface area contributed by atoms with Gasteiger partial charge in [0.15, 0.2) is 0 Å². The summed E-state index contributed by atoms with van der Waals surface area (Å²) in [4.78, 5) is 28.2. The number of nitrogens with one attached hydrogen (secondary N) is 1. The van der Waals surface area contributed by atoms with Crippen LogP contribution in [0.4, 0.5) is 5.69 Å². The van der Waals surface area contributed by atoms with E-state index in [9.17, 15) is 18.0 Å². The maximum atomic E-state index is 13.7. The van der Waals surface area contributed by atoms with Gasteiger partial charge in [0.05, 0.1) is 11.9 Å². The van der Waals surface area contributed by atoms with Gasteiger partial charge in [0.1, 0.15) is 24.1 Å². The minimum atomic E-state index is -3.82. The monoisotopic (exact) mass is 551 g/mol. The third-order valence-electron chi connectivity index (χ3n) is 6.55. The Morgan fingerprint density at radius 2 is 1.49 bits per heavy atom. The van der Waals surface area contributed by atoms with Crippen molar-refractivity contribution >= 4 is 27.5 Å². The Hall–Kier alpha value is -3.85. The van der Waals surface area contributed by atoms with Crippen LogP contribution in [0.15, 0.2) is 78.9 Å². The van der Waals surface area contributed by atoms with Gasteiger partial charge in [-0.3, -0.25) is 13.9 Å². The number of benzene rings is 3. The Balaban J connectivity index is 1.87. The molecule has 0 saturated carbocycles. The molecule has 39 heavy (non-hydrogen) atoms. The second-order valence-corrected chi connectivity index (χ2v) is 11.5. The molecule has 3 aromatic rings. The van der Waals surface area contributed by atoms with Crippen LogP contribution in [0, 0.1) is 6.92 Å².